The number of fused-ring (bicyclic) bond motifs is 1. The van der Waals surface area contributed by atoms with Gasteiger partial charge in [-0.25, -0.2) is 0 Å². The Morgan fingerprint density at radius 2 is 2.40 bits per heavy atom. The summed E-state index contributed by atoms with van der Waals surface area (Å²) in [5.74, 6) is 0.601. The van der Waals surface area contributed by atoms with Crippen molar-refractivity contribution in [3.8, 4) is 5.75 Å². The van der Waals surface area contributed by atoms with Crippen molar-refractivity contribution in [2.24, 2.45) is 0 Å². The second kappa shape index (κ2) is 6.77. The summed E-state index contributed by atoms with van der Waals surface area (Å²) in [7, 11) is 0. The van der Waals surface area contributed by atoms with Crippen LogP contribution in [0.15, 0.2) is 30.4 Å². The second-order valence-corrected chi connectivity index (χ2v) is 5.30. The maximum Gasteiger partial charge on any atom is 0.261 e. The number of hydrogen-bond acceptors (Lipinski definition) is 3. The predicted molar refractivity (Wildman–Crippen MR) is 78.2 cm³/mol. The van der Waals surface area contributed by atoms with E-state index in [9.17, 15) is 4.79 Å². The first-order valence-corrected chi connectivity index (χ1v) is 6.89. The van der Waals surface area contributed by atoms with E-state index in [1.54, 1.807) is 12.1 Å². The molecule has 0 spiro atoms. The molecule has 20 heavy (non-hydrogen) atoms. The fraction of sp³-hybridized carbons (Fsp3) is 0.400. The minimum Gasteiger partial charge on any atom is -0.480 e. The average Bonchev–Trinajstić information content (AvgIpc) is 2.80. The van der Waals surface area contributed by atoms with Gasteiger partial charge in [-0.15, -0.1) is 0 Å². The zero-order valence-electron chi connectivity index (χ0n) is 11.4. The molecule has 4 nitrogen and oxygen atoms in total. The van der Waals surface area contributed by atoms with E-state index in [1.165, 1.54) is 0 Å². The number of rotatable bonds is 6. The van der Waals surface area contributed by atoms with Crippen molar-refractivity contribution in [2.45, 2.75) is 19.4 Å². The Bertz CT molecular complexity index is 516. The summed E-state index contributed by atoms with van der Waals surface area (Å²) >= 11 is 5.91. The molecular formula is C15H18ClNO3. The van der Waals surface area contributed by atoms with Gasteiger partial charge in [0.05, 0.1) is 13.2 Å². The monoisotopic (exact) mass is 295 g/mol. The lowest BCUT2D eigenvalue weighted by molar-refractivity contribution is -0.127. The lowest BCUT2D eigenvalue weighted by atomic mass is 10.1. The van der Waals surface area contributed by atoms with E-state index in [4.69, 9.17) is 21.1 Å². The molecule has 0 radical (unpaired) electrons. The van der Waals surface area contributed by atoms with Gasteiger partial charge in [-0.05, 0) is 30.7 Å². The summed E-state index contributed by atoms with van der Waals surface area (Å²) < 4.78 is 10.9. The highest BCUT2D eigenvalue weighted by Gasteiger charge is 2.28. The number of halogens is 1. The Morgan fingerprint density at radius 3 is 3.15 bits per heavy atom. The Labute approximate surface area is 123 Å². The quantitative estimate of drug-likeness (QED) is 0.647. The first kappa shape index (κ1) is 14.9. The van der Waals surface area contributed by atoms with E-state index in [0.29, 0.717) is 31.2 Å². The third kappa shape index (κ3) is 3.99. The molecule has 1 heterocycles. The van der Waals surface area contributed by atoms with E-state index in [0.717, 1.165) is 16.9 Å². The number of benzene rings is 1. The Kier molecular flexibility index (Phi) is 5.04. The van der Waals surface area contributed by atoms with Gasteiger partial charge in [0, 0.05) is 18.0 Å². The zero-order chi connectivity index (χ0) is 14.5. The van der Waals surface area contributed by atoms with Crippen molar-refractivity contribution in [3.05, 3.63) is 40.9 Å². The van der Waals surface area contributed by atoms with Gasteiger partial charge in [-0.2, -0.15) is 0 Å². The van der Waals surface area contributed by atoms with Gasteiger partial charge in [-0.3, -0.25) is 4.79 Å². The number of hydrogen-bond donors (Lipinski definition) is 1. The molecule has 1 aromatic carbocycles. The second-order valence-electron chi connectivity index (χ2n) is 4.86. The van der Waals surface area contributed by atoms with Crippen LogP contribution in [-0.4, -0.2) is 31.8 Å². The molecule has 1 aliphatic heterocycles. The number of carbonyl (C=O) groups excluding carboxylic acids is 1. The van der Waals surface area contributed by atoms with Crippen LogP contribution in [0.5, 0.6) is 5.75 Å². The molecule has 2 rings (SSSR count). The lowest BCUT2D eigenvalue weighted by Gasteiger charge is -2.11. The van der Waals surface area contributed by atoms with Crippen molar-refractivity contribution in [2.75, 3.05) is 19.8 Å². The lowest BCUT2D eigenvalue weighted by Crippen LogP contribution is -2.39. The molecule has 0 saturated carbocycles. The Balaban J connectivity index is 1.74. The minimum atomic E-state index is -0.482. The SMILES string of the molecule is C=C(C)COCCNC(=O)C1Cc2cc(Cl)ccc2O1. The van der Waals surface area contributed by atoms with Crippen LogP contribution >= 0.6 is 11.6 Å². The fourth-order valence-electron chi connectivity index (χ4n) is 1.97. The van der Waals surface area contributed by atoms with Crippen LogP contribution in [0, 0.1) is 0 Å². The first-order chi connectivity index (χ1) is 9.56. The van der Waals surface area contributed by atoms with Crippen molar-refractivity contribution < 1.29 is 14.3 Å². The maximum absolute atomic E-state index is 12.0. The fourth-order valence-corrected chi connectivity index (χ4v) is 2.16. The highest BCUT2D eigenvalue weighted by atomic mass is 35.5. The molecule has 5 heteroatoms. The van der Waals surface area contributed by atoms with E-state index < -0.39 is 6.10 Å². The summed E-state index contributed by atoms with van der Waals surface area (Å²) in [5, 5.41) is 3.45. The van der Waals surface area contributed by atoms with Gasteiger partial charge in [-0.1, -0.05) is 23.8 Å². The standard InChI is InChI=1S/C15H18ClNO3/c1-10(2)9-19-6-5-17-15(18)14-8-11-7-12(16)3-4-13(11)20-14/h3-4,7,14H,1,5-6,8-9H2,2H3,(H,17,18). The Morgan fingerprint density at radius 1 is 1.60 bits per heavy atom. The molecule has 0 aliphatic carbocycles. The minimum absolute atomic E-state index is 0.128. The van der Waals surface area contributed by atoms with Gasteiger partial charge in [0.25, 0.3) is 5.91 Å². The topological polar surface area (TPSA) is 47.6 Å². The summed E-state index contributed by atoms with van der Waals surface area (Å²) in [5.41, 5.74) is 1.93. The van der Waals surface area contributed by atoms with Crippen molar-refractivity contribution >= 4 is 17.5 Å². The van der Waals surface area contributed by atoms with Crippen LogP contribution in [0.2, 0.25) is 5.02 Å². The molecule has 108 valence electrons. The Hall–Kier alpha value is -1.52. The summed E-state index contributed by atoms with van der Waals surface area (Å²) in [6.45, 7) is 7.07. The van der Waals surface area contributed by atoms with Gasteiger partial charge >= 0.3 is 0 Å². The van der Waals surface area contributed by atoms with E-state index in [1.807, 2.05) is 13.0 Å². The average molecular weight is 296 g/mol. The molecule has 1 N–H and O–H groups in total. The zero-order valence-corrected chi connectivity index (χ0v) is 12.2. The van der Waals surface area contributed by atoms with Gasteiger partial charge in [0.15, 0.2) is 6.10 Å². The van der Waals surface area contributed by atoms with E-state index >= 15 is 0 Å². The number of carbonyl (C=O) groups is 1. The molecule has 0 saturated heterocycles. The van der Waals surface area contributed by atoms with Crippen LogP contribution < -0.4 is 10.1 Å². The molecule has 1 aromatic rings. The smallest absolute Gasteiger partial charge is 0.261 e. The van der Waals surface area contributed by atoms with Crippen molar-refractivity contribution in [1.82, 2.24) is 5.32 Å². The molecule has 0 bridgehead atoms. The van der Waals surface area contributed by atoms with Crippen LogP contribution in [-0.2, 0) is 16.0 Å². The molecule has 0 fully saturated rings. The molecule has 1 amide bonds. The van der Waals surface area contributed by atoms with Crippen LogP contribution in [0.3, 0.4) is 0 Å². The summed E-state index contributed by atoms with van der Waals surface area (Å²) in [6, 6.07) is 5.38. The van der Waals surface area contributed by atoms with Crippen molar-refractivity contribution in [3.63, 3.8) is 0 Å². The predicted octanol–water partition coefficient (Wildman–Crippen LogP) is 2.35. The highest BCUT2D eigenvalue weighted by molar-refractivity contribution is 6.30. The number of amides is 1. The largest absolute Gasteiger partial charge is 0.480 e. The molecule has 1 aliphatic rings. The van der Waals surface area contributed by atoms with Crippen LogP contribution in [0.1, 0.15) is 12.5 Å². The first-order valence-electron chi connectivity index (χ1n) is 6.51. The van der Waals surface area contributed by atoms with Crippen molar-refractivity contribution in [1.29, 1.82) is 0 Å². The summed E-state index contributed by atoms with van der Waals surface area (Å²) in [4.78, 5) is 12.0. The molecule has 1 unspecified atom stereocenters. The molecule has 0 aromatic heterocycles. The van der Waals surface area contributed by atoms with Crippen LogP contribution in [0.25, 0.3) is 0 Å². The molecule has 1 atom stereocenters. The van der Waals surface area contributed by atoms with Gasteiger partial charge in [0.1, 0.15) is 5.75 Å². The van der Waals surface area contributed by atoms with E-state index in [-0.39, 0.29) is 5.91 Å². The number of ether oxygens (including phenoxy) is 2. The van der Waals surface area contributed by atoms with Gasteiger partial charge < -0.3 is 14.8 Å². The highest BCUT2D eigenvalue weighted by Crippen LogP contribution is 2.30. The normalized spacial score (nSPS) is 16.4. The molecular weight excluding hydrogens is 278 g/mol. The van der Waals surface area contributed by atoms with E-state index in [2.05, 4.69) is 11.9 Å². The van der Waals surface area contributed by atoms with Crippen LogP contribution in [0.4, 0.5) is 0 Å². The maximum atomic E-state index is 12.0. The third-order valence-electron chi connectivity index (χ3n) is 2.88. The van der Waals surface area contributed by atoms with Gasteiger partial charge in [0.2, 0.25) is 0 Å². The summed E-state index contributed by atoms with van der Waals surface area (Å²) in [6.07, 6.45) is 0.0681. The number of nitrogens with one attached hydrogen (secondary N) is 1. The third-order valence-corrected chi connectivity index (χ3v) is 3.12.